The number of hydrogen-bond donors (Lipinski definition) is 1. The molecule has 1 heterocycles. The van der Waals surface area contributed by atoms with Crippen LogP contribution < -0.4 is 5.32 Å². The van der Waals surface area contributed by atoms with Crippen molar-refractivity contribution in [1.29, 1.82) is 0 Å². The molecule has 0 radical (unpaired) electrons. The molecule has 1 atom stereocenters. The van der Waals surface area contributed by atoms with E-state index in [4.69, 9.17) is 4.74 Å². The van der Waals surface area contributed by atoms with Crippen LogP contribution >= 0.6 is 11.3 Å². The molecule has 0 saturated heterocycles. The molecule has 0 aliphatic heterocycles. The van der Waals surface area contributed by atoms with Gasteiger partial charge in [-0.05, 0) is 38.0 Å². The van der Waals surface area contributed by atoms with Crippen LogP contribution in [0.15, 0.2) is 53.9 Å². The smallest absolute Gasteiger partial charge is 0.339 e. The molecule has 0 bridgehead atoms. The Kier molecular flexibility index (Phi) is 5.66. The van der Waals surface area contributed by atoms with E-state index >= 15 is 0 Å². The van der Waals surface area contributed by atoms with E-state index in [2.05, 4.69) is 10.3 Å². The van der Waals surface area contributed by atoms with Gasteiger partial charge in [-0.15, -0.1) is 11.3 Å². The first-order valence-electron chi connectivity index (χ1n) is 8.54. The molecule has 1 amide bonds. The van der Waals surface area contributed by atoms with E-state index in [1.807, 2.05) is 55.6 Å². The van der Waals surface area contributed by atoms with Crippen LogP contribution in [0.2, 0.25) is 0 Å². The van der Waals surface area contributed by atoms with E-state index in [9.17, 15) is 9.59 Å². The van der Waals surface area contributed by atoms with Gasteiger partial charge in [0, 0.05) is 10.9 Å². The van der Waals surface area contributed by atoms with Gasteiger partial charge in [0.1, 0.15) is 0 Å². The van der Waals surface area contributed by atoms with Gasteiger partial charge in [-0.3, -0.25) is 10.1 Å². The molecule has 0 unspecified atom stereocenters. The summed E-state index contributed by atoms with van der Waals surface area (Å²) < 4.78 is 5.32. The number of benzene rings is 2. The van der Waals surface area contributed by atoms with Crippen molar-refractivity contribution in [3.8, 4) is 11.3 Å². The first-order chi connectivity index (χ1) is 13.0. The minimum atomic E-state index is -0.929. The van der Waals surface area contributed by atoms with Crippen molar-refractivity contribution in [2.24, 2.45) is 0 Å². The van der Waals surface area contributed by atoms with Crippen LogP contribution in [0.1, 0.15) is 28.4 Å². The van der Waals surface area contributed by atoms with E-state index in [-0.39, 0.29) is 0 Å². The largest absolute Gasteiger partial charge is 0.449 e. The lowest BCUT2D eigenvalue weighted by Crippen LogP contribution is -2.30. The average Bonchev–Trinajstić information content (AvgIpc) is 3.13. The van der Waals surface area contributed by atoms with Crippen molar-refractivity contribution >= 4 is 28.3 Å². The number of carbonyl (C=O) groups excluding carboxylic acids is 2. The van der Waals surface area contributed by atoms with Gasteiger partial charge in [0.25, 0.3) is 5.91 Å². The predicted molar refractivity (Wildman–Crippen MR) is 107 cm³/mol. The molecule has 0 fully saturated rings. The monoisotopic (exact) mass is 380 g/mol. The van der Waals surface area contributed by atoms with Crippen LogP contribution in [0.4, 0.5) is 5.13 Å². The molecule has 2 aromatic carbocycles. The van der Waals surface area contributed by atoms with E-state index in [0.717, 1.165) is 22.4 Å². The molecule has 0 aliphatic rings. The number of nitrogens with one attached hydrogen (secondary N) is 1. The molecule has 3 aromatic rings. The van der Waals surface area contributed by atoms with Crippen molar-refractivity contribution < 1.29 is 14.3 Å². The van der Waals surface area contributed by atoms with Gasteiger partial charge in [0.2, 0.25) is 0 Å². The number of amides is 1. The molecule has 1 N–H and O–H groups in total. The Hall–Kier alpha value is -2.99. The molecule has 5 nitrogen and oxygen atoms in total. The topological polar surface area (TPSA) is 68.3 Å². The standard InChI is InChI=1S/C21H20N2O3S/c1-13-8-7-11-17(14(13)2)20(25)26-15(3)19(24)23-21-22-18(12-27-21)16-9-5-4-6-10-16/h4-12,15H,1-3H3,(H,22,23,24)/t15-/m0/s1. The Morgan fingerprint density at radius 2 is 1.81 bits per heavy atom. The fourth-order valence-electron chi connectivity index (χ4n) is 2.53. The average molecular weight is 380 g/mol. The SMILES string of the molecule is Cc1cccc(C(=O)O[C@@H](C)C(=O)Nc2nc(-c3ccccc3)cs2)c1C. The maximum Gasteiger partial charge on any atom is 0.339 e. The summed E-state index contributed by atoms with van der Waals surface area (Å²) in [6, 6.07) is 15.1. The number of aryl methyl sites for hydroxylation is 1. The molecule has 3 rings (SSSR count). The molecule has 0 saturated carbocycles. The van der Waals surface area contributed by atoms with Gasteiger partial charge >= 0.3 is 5.97 Å². The summed E-state index contributed by atoms with van der Waals surface area (Å²) in [5, 5.41) is 5.04. The number of nitrogens with zero attached hydrogens (tertiary/aromatic N) is 1. The first kappa shape index (κ1) is 18.8. The van der Waals surface area contributed by atoms with Gasteiger partial charge in [-0.2, -0.15) is 0 Å². The van der Waals surface area contributed by atoms with Crippen molar-refractivity contribution in [3.63, 3.8) is 0 Å². The van der Waals surface area contributed by atoms with Crippen LogP contribution in [-0.2, 0) is 9.53 Å². The summed E-state index contributed by atoms with van der Waals surface area (Å²) >= 11 is 1.33. The summed E-state index contributed by atoms with van der Waals surface area (Å²) in [5.74, 6) is -0.925. The summed E-state index contributed by atoms with van der Waals surface area (Å²) in [7, 11) is 0. The third kappa shape index (κ3) is 4.41. The highest BCUT2D eigenvalue weighted by molar-refractivity contribution is 7.14. The maximum atomic E-state index is 12.4. The highest BCUT2D eigenvalue weighted by atomic mass is 32.1. The number of anilines is 1. The Morgan fingerprint density at radius 3 is 2.56 bits per heavy atom. The zero-order chi connectivity index (χ0) is 19.4. The van der Waals surface area contributed by atoms with Crippen molar-refractivity contribution in [1.82, 2.24) is 4.98 Å². The maximum absolute atomic E-state index is 12.4. The predicted octanol–water partition coefficient (Wildman–Crippen LogP) is 4.61. The number of ether oxygens (including phenoxy) is 1. The molecular formula is C21H20N2O3S. The van der Waals surface area contributed by atoms with E-state index in [1.54, 1.807) is 19.1 Å². The Morgan fingerprint density at radius 1 is 1.07 bits per heavy atom. The minimum absolute atomic E-state index is 0.414. The molecule has 27 heavy (non-hydrogen) atoms. The Bertz CT molecular complexity index is 967. The Balaban J connectivity index is 1.63. The van der Waals surface area contributed by atoms with Crippen LogP contribution in [0.5, 0.6) is 0 Å². The Labute approximate surface area is 162 Å². The van der Waals surface area contributed by atoms with E-state index in [0.29, 0.717) is 10.7 Å². The molecule has 0 aliphatic carbocycles. The van der Waals surface area contributed by atoms with Gasteiger partial charge < -0.3 is 4.74 Å². The highest BCUT2D eigenvalue weighted by Crippen LogP contribution is 2.24. The quantitative estimate of drug-likeness (QED) is 0.656. The second-order valence-electron chi connectivity index (χ2n) is 6.19. The van der Waals surface area contributed by atoms with Gasteiger partial charge in [0.15, 0.2) is 11.2 Å². The third-order valence-electron chi connectivity index (χ3n) is 4.28. The summed E-state index contributed by atoms with van der Waals surface area (Å²) in [5.41, 5.74) is 4.08. The second-order valence-corrected chi connectivity index (χ2v) is 7.05. The first-order valence-corrected chi connectivity index (χ1v) is 9.42. The van der Waals surface area contributed by atoms with Crippen LogP contribution in [0.3, 0.4) is 0 Å². The van der Waals surface area contributed by atoms with Crippen molar-refractivity contribution in [2.75, 3.05) is 5.32 Å². The lowest BCUT2D eigenvalue weighted by Gasteiger charge is -2.14. The van der Waals surface area contributed by atoms with Crippen molar-refractivity contribution in [2.45, 2.75) is 26.9 Å². The lowest BCUT2D eigenvalue weighted by atomic mass is 10.0. The lowest BCUT2D eigenvalue weighted by molar-refractivity contribution is -0.123. The number of thiazole rings is 1. The van der Waals surface area contributed by atoms with E-state index in [1.165, 1.54) is 11.3 Å². The summed E-state index contributed by atoms with van der Waals surface area (Å²) in [6.45, 7) is 5.33. The summed E-state index contributed by atoms with van der Waals surface area (Å²) in [4.78, 5) is 29.1. The molecule has 0 spiro atoms. The number of rotatable bonds is 5. The number of carbonyl (C=O) groups is 2. The molecule has 138 valence electrons. The van der Waals surface area contributed by atoms with Gasteiger partial charge in [-0.25, -0.2) is 9.78 Å². The summed E-state index contributed by atoms with van der Waals surface area (Å²) in [6.07, 6.45) is -0.929. The van der Waals surface area contributed by atoms with Crippen LogP contribution in [-0.4, -0.2) is 23.0 Å². The third-order valence-corrected chi connectivity index (χ3v) is 5.04. The van der Waals surface area contributed by atoms with E-state index < -0.39 is 18.0 Å². The molecule has 1 aromatic heterocycles. The van der Waals surface area contributed by atoms with Gasteiger partial charge in [-0.1, -0.05) is 42.5 Å². The van der Waals surface area contributed by atoms with Gasteiger partial charge in [0.05, 0.1) is 11.3 Å². The highest BCUT2D eigenvalue weighted by Gasteiger charge is 2.21. The number of aromatic nitrogens is 1. The van der Waals surface area contributed by atoms with Crippen LogP contribution in [0, 0.1) is 13.8 Å². The fraction of sp³-hybridized carbons (Fsp3) is 0.190. The minimum Gasteiger partial charge on any atom is -0.449 e. The zero-order valence-corrected chi connectivity index (χ0v) is 16.2. The number of hydrogen-bond acceptors (Lipinski definition) is 5. The fourth-order valence-corrected chi connectivity index (χ4v) is 3.25. The number of esters is 1. The normalized spacial score (nSPS) is 11.7. The molecule has 6 heteroatoms. The zero-order valence-electron chi connectivity index (χ0n) is 15.4. The molecular weight excluding hydrogens is 360 g/mol. The van der Waals surface area contributed by atoms with Crippen molar-refractivity contribution in [3.05, 3.63) is 70.6 Å². The van der Waals surface area contributed by atoms with Crippen LogP contribution in [0.25, 0.3) is 11.3 Å². The second kappa shape index (κ2) is 8.14.